The molecule has 0 bridgehead atoms. The Kier molecular flexibility index (Phi) is 6.81. The minimum Gasteiger partial charge on any atom is -0.361 e. The lowest BCUT2D eigenvalue weighted by molar-refractivity contribution is -0.00107. The molecule has 4 heterocycles. The number of pyridine rings is 1. The first kappa shape index (κ1) is 24.2. The van der Waals surface area contributed by atoms with Crippen molar-refractivity contribution < 1.29 is 4.74 Å². The quantitative estimate of drug-likeness (QED) is 0.361. The van der Waals surface area contributed by atoms with Crippen LogP contribution in [0.2, 0.25) is 25.7 Å². The van der Waals surface area contributed by atoms with Gasteiger partial charge in [0, 0.05) is 76.4 Å². The van der Waals surface area contributed by atoms with Gasteiger partial charge in [-0.3, -0.25) is 9.58 Å². The molecule has 1 aliphatic heterocycles. The fourth-order valence-corrected chi connectivity index (χ4v) is 6.15. The van der Waals surface area contributed by atoms with Crippen LogP contribution in [0.15, 0.2) is 36.9 Å². The van der Waals surface area contributed by atoms with Crippen molar-refractivity contribution in [2.45, 2.75) is 63.3 Å². The van der Waals surface area contributed by atoms with Crippen LogP contribution >= 0.6 is 0 Å². The van der Waals surface area contributed by atoms with Crippen LogP contribution in [0.25, 0.3) is 22.2 Å². The molecule has 1 saturated carbocycles. The topological polar surface area (TPSA) is 83.9 Å². The number of piperazine rings is 1. The first-order chi connectivity index (χ1) is 16.9. The molecule has 0 spiro atoms. The van der Waals surface area contributed by atoms with Gasteiger partial charge in [0.2, 0.25) is 0 Å². The van der Waals surface area contributed by atoms with Gasteiger partial charge in [-0.15, -0.1) is 0 Å². The predicted octanol–water partition coefficient (Wildman–Crippen LogP) is 3.89. The van der Waals surface area contributed by atoms with Gasteiger partial charge in [-0.2, -0.15) is 10.4 Å². The maximum atomic E-state index is 9.59. The standard InChI is InChI=1S/C26H37N7OSi/c1-35(2,3)15-14-34-20-32-11-5-24-23(4-8-29-25(24)32)21-18-30-33(19-21)26(6-7-27)16-22(17-26)31-12-9-28-10-13-31/h4-5,8,11,18-19,22,28H,6,9-10,12-17,20H2,1-3H3/t22-,26+. The predicted molar refractivity (Wildman–Crippen MR) is 141 cm³/mol. The van der Waals surface area contributed by atoms with Gasteiger partial charge in [0.25, 0.3) is 0 Å². The van der Waals surface area contributed by atoms with Gasteiger partial charge in [-0.05, 0) is 36.6 Å². The van der Waals surface area contributed by atoms with Gasteiger partial charge >= 0.3 is 0 Å². The van der Waals surface area contributed by atoms with Gasteiger partial charge < -0.3 is 14.6 Å². The SMILES string of the molecule is C[Si](C)(C)CCOCn1ccc2c(-c3cnn([C@]4(CC#N)C[C@H](N5CCNCC5)C4)c3)ccnc21. The molecule has 2 fully saturated rings. The number of fused-ring (bicyclic) bond motifs is 1. The summed E-state index contributed by atoms with van der Waals surface area (Å²) in [5, 5.41) is 18.9. The summed E-state index contributed by atoms with van der Waals surface area (Å²) in [4.78, 5) is 7.21. The first-order valence-corrected chi connectivity index (χ1v) is 16.5. The van der Waals surface area contributed by atoms with Crippen LogP contribution < -0.4 is 5.32 Å². The molecule has 5 rings (SSSR count). The van der Waals surface area contributed by atoms with Gasteiger partial charge in [-0.25, -0.2) is 4.98 Å². The summed E-state index contributed by atoms with van der Waals surface area (Å²) in [6.07, 6.45) is 10.4. The van der Waals surface area contributed by atoms with Gasteiger partial charge in [0.05, 0.1) is 24.2 Å². The molecule has 186 valence electrons. The number of aromatic nitrogens is 4. The molecule has 0 radical (unpaired) electrons. The Morgan fingerprint density at radius 2 is 2.03 bits per heavy atom. The summed E-state index contributed by atoms with van der Waals surface area (Å²) >= 11 is 0. The molecule has 1 aliphatic carbocycles. The molecule has 1 N–H and O–H groups in total. The number of nitrogens with one attached hydrogen (secondary N) is 1. The van der Waals surface area contributed by atoms with Crippen LogP contribution in [0.3, 0.4) is 0 Å². The molecule has 3 aromatic heterocycles. The molecular weight excluding hydrogens is 454 g/mol. The van der Waals surface area contributed by atoms with E-state index in [0.717, 1.165) is 73.8 Å². The van der Waals surface area contributed by atoms with Crippen LogP contribution in [-0.4, -0.2) is 71.1 Å². The average Bonchev–Trinajstić information content (AvgIpc) is 3.47. The van der Waals surface area contributed by atoms with Crippen molar-refractivity contribution >= 4 is 19.1 Å². The Hall–Kier alpha value is -2.51. The highest BCUT2D eigenvalue weighted by Crippen LogP contribution is 2.45. The van der Waals surface area contributed by atoms with Crippen molar-refractivity contribution in [2.24, 2.45) is 0 Å². The lowest BCUT2D eigenvalue weighted by Crippen LogP contribution is -2.59. The Morgan fingerprint density at radius 3 is 2.77 bits per heavy atom. The number of hydrogen-bond donors (Lipinski definition) is 1. The lowest BCUT2D eigenvalue weighted by Gasteiger charge is -2.51. The summed E-state index contributed by atoms with van der Waals surface area (Å²) in [6.45, 7) is 12.7. The molecular formula is C26H37N7OSi. The Labute approximate surface area is 208 Å². The molecule has 3 aromatic rings. The molecule has 35 heavy (non-hydrogen) atoms. The van der Waals surface area contributed by atoms with Crippen molar-refractivity contribution in [3.05, 3.63) is 36.9 Å². The van der Waals surface area contributed by atoms with Crippen LogP contribution in [0.1, 0.15) is 19.3 Å². The lowest BCUT2D eigenvalue weighted by atomic mass is 9.70. The zero-order chi connectivity index (χ0) is 24.5. The van der Waals surface area contributed by atoms with Crippen molar-refractivity contribution in [1.82, 2.24) is 29.5 Å². The van der Waals surface area contributed by atoms with E-state index < -0.39 is 8.07 Å². The highest BCUT2D eigenvalue weighted by atomic mass is 28.3. The molecule has 2 aliphatic rings. The Balaban J connectivity index is 1.32. The van der Waals surface area contributed by atoms with E-state index in [0.29, 0.717) is 19.2 Å². The van der Waals surface area contributed by atoms with Crippen molar-refractivity contribution in [3.8, 4) is 17.2 Å². The average molecular weight is 492 g/mol. The molecule has 8 nitrogen and oxygen atoms in total. The van der Waals surface area contributed by atoms with Crippen LogP contribution in [-0.2, 0) is 17.0 Å². The largest absolute Gasteiger partial charge is 0.361 e. The summed E-state index contributed by atoms with van der Waals surface area (Å²) < 4.78 is 10.1. The minimum atomic E-state index is -1.10. The van der Waals surface area contributed by atoms with Crippen molar-refractivity contribution in [2.75, 3.05) is 32.8 Å². The number of rotatable bonds is 9. The molecule has 0 unspecified atom stereocenters. The summed E-state index contributed by atoms with van der Waals surface area (Å²) in [5.74, 6) is 0. The minimum absolute atomic E-state index is 0.204. The highest BCUT2D eigenvalue weighted by Gasteiger charge is 2.48. The van der Waals surface area contributed by atoms with E-state index in [9.17, 15) is 5.26 Å². The van der Waals surface area contributed by atoms with Crippen LogP contribution in [0.4, 0.5) is 0 Å². The highest BCUT2D eigenvalue weighted by molar-refractivity contribution is 6.76. The van der Waals surface area contributed by atoms with Gasteiger partial charge in [0.1, 0.15) is 12.4 Å². The Morgan fingerprint density at radius 1 is 1.23 bits per heavy atom. The van der Waals surface area contributed by atoms with E-state index in [1.165, 1.54) is 0 Å². The van der Waals surface area contributed by atoms with Crippen molar-refractivity contribution in [1.29, 1.82) is 5.26 Å². The molecule has 1 saturated heterocycles. The summed E-state index contributed by atoms with van der Waals surface area (Å²) in [5.41, 5.74) is 2.91. The summed E-state index contributed by atoms with van der Waals surface area (Å²) in [7, 11) is -1.10. The monoisotopic (exact) mass is 491 g/mol. The summed E-state index contributed by atoms with van der Waals surface area (Å²) in [6, 6.07) is 8.30. The molecule has 0 aromatic carbocycles. The third-order valence-corrected chi connectivity index (χ3v) is 9.28. The normalized spacial score (nSPS) is 23.3. The second-order valence-corrected chi connectivity index (χ2v) is 16.9. The van der Waals surface area contributed by atoms with Gasteiger partial charge in [0.15, 0.2) is 0 Å². The fourth-order valence-electron chi connectivity index (χ4n) is 5.39. The number of ether oxygens (including phenoxy) is 1. The Bertz CT molecular complexity index is 1190. The van der Waals surface area contributed by atoms with Gasteiger partial charge in [-0.1, -0.05) is 19.6 Å². The zero-order valence-electron chi connectivity index (χ0n) is 21.2. The van der Waals surface area contributed by atoms with Crippen LogP contribution in [0.5, 0.6) is 0 Å². The second-order valence-electron chi connectivity index (χ2n) is 11.3. The number of nitrogens with zero attached hydrogens (tertiary/aromatic N) is 6. The van der Waals surface area contributed by atoms with E-state index in [1.54, 1.807) is 0 Å². The molecule has 9 heteroatoms. The maximum absolute atomic E-state index is 9.59. The van der Waals surface area contributed by atoms with E-state index in [-0.39, 0.29) is 5.54 Å². The fraction of sp³-hybridized carbons (Fsp3) is 0.577. The zero-order valence-corrected chi connectivity index (χ0v) is 22.2. The van der Waals surface area contributed by atoms with E-state index in [2.05, 4.69) is 74.7 Å². The van der Waals surface area contributed by atoms with Crippen molar-refractivity contribution in [3.63, 3.8) is 0 Å². The smallest absolute Gasteiger partial charge is 0.142 e. The second kappa shape index (κ2) is 9.86. The number of nitriles is 1. The number of hydrogen-bond acceptors (Lipinski definition) is 6. The third-order valence-electron chi connectivity index (χ3n) is 7.58. The molecule has 0 atom stereocenters. The first-order valence-electron chi connectivity index (χ1n) is 12.8. The maximum Gasteiger partial charge on any atom is 0.142 e. The van der Waals surface area contributed by atoms with E-state index in [1.807, 2.05) is 12.4 Å². The molecule has 0 amide bonds. The van der Waals surface area contributed by atoms with E-state index in [4.69, 9.17) is 9.84 Å². The van der Waals surface area contributed by atoms with E-state index >= 15 is 0 Å². The van der Waals surface area contributed by atoms with Crippen LogP contribution in [0, 0.1) is 11.3 Å². The third kappa shape index (κ3) is 5.07.